The first kappa shape index (κ1) is 25.1. The van der Waals surface area contributed by atoms with Crippen LogP contribution < -0.4 is 5.32 Å². The Morgan fingerprint density at radius 2 is 1.79 bits per heavy atom. The second-order valence-corrected chi connectivity index (χ2v) is 12.2. The van der Waals surface area contributed by atoms with Crippen LogP contribution in [0.25, 0.3) is 10.2 Å². The first-order valence-electron chi connectivity index (χ1n) is 13.0. The van der Waals surface area contributed by atoms with Gasteiger partial charge >= 0.3 is 6.03 Å². The molecule has 2 aromatic carbocycles. The molecule has 0 aliphatic carbocycles. The Morgan fingerprint density at radius 1 is 1.03 bits per heavy atom. The summed E-state index contributed by atoms with van der Waals surface area (Å²) in [5.74, 6) is 1.46. The van der Waals surface area contributed by atoms with Crippen LogP contribution in [0.2, 0.25) is 0 Å². The van der Waals surface area contributed by atoms with Crippen LogP contribution in [0.15, 0.2) is 63.9 Å². The second kappa shape index (κ2) is 10.9. The van der Waals surface area contributed by atoms with Crippen molar-refractivity contribution in [1.82, 2.24) is 29.9 Å². The number of guanidine groups is 1. The summed E-state index contributed by atoms with van der Waals surface area (Å²) in [5, 5.41) is 2.51. The fraction of sp³-hybridized carbons (Fsp3) is 0.407. The van der Waals surface area contributed by atoms with Gasteiger partial charge in [-0.3, -0.25) is 15.0 Å². The van der Waals surface area contributed by atoms with E-state index >= 15 is 0 Å². The van der Waals surface area contributed by atoms with Crippen LogP contribution in [-0.4, -0.2) is 100 Å². The van der Waals surface area contributed by atoms with Gasteiger partial charge in [0.15, 0.2) is 22.5 Å². The normalized spacial score (nSPS) is 22.1. The average Bonchev–Trinajstić information content (AvgIpc) is 3.53. The van der Waals surface area contributed by atoms with Crippen molar-refractivity contribution < 1.29 is 9.59 Å². The molecule has 1 aromatic heterocycles. The summed E-state index contributed by atoms with van der Waals surface area (Å²) in [5.41, 5.74) is 2.35. The van der Waals surface area contributed by atoms with Gasteiger partial charge in [-0.25, -0.2) is 14.8 Å². The van der Waals surface area contributed by atoms with Gasteiger partial charge in [0, 0.05) is 52.1 Å². The van der Waals surface area contributed by atoms with Gasteiger partial charge in [0.1, 0.15) is 0 Å². The molecular formula is C27H31N7O2S2. The third-order valence-corrected chi connectivity index (χ3v) is 9.55. The van der Waals surface area contributed by atoms with Crippen molar-refractivity contribution >= 4 is 51.2 Å². The van der Waals surface area contributed by atoms with Crippen LogP contribution in [0, 0.1) is 0 Å². The van der Waals surface area contributed by atoms with Gasteiger partial charge in [0.25, 0.3) is 5.91 Å². The lowest BCUT2D eigenvalue weighted by Crippen LogP contribution is -2.64. The zero-order chi connectivity index (χ0) is 26.1. The zero-order valence-electron chi connectivity index (χ0n) is 21.3. The van der Waals surface area contributed by atoms with Gasteiger partial charge in [-0.1, -0.05) is 54.2 Å². The molecule has 198 valence electrons. The molecule has 2 atom stereocenters. The van der Waals surface area contributed by atoms with E-state index in [1.54, 1.807) is 35.0 Å². The number of nitrogens with zero attached hydrogens (tertiary/aromatic N) is 6. The van der Waals surface area contributed by atoms with Crippen LogP contribution in [-0.2, 0) is 11.3 Å². The van der Waals surface area contributed by atoms with Gasteiger partial charge in [-0.15, -0.1) is 11.3 Å². The summed E-state index contributed by atoms with van der Waals surface area (Å²) in [6.07, 6.45) is 0.382. The van der Waals surface area contributed by atoms with Crippen LogP contribution in [0.3, 0.4) is 0 Å². The summed E-state index contributed by atoms with van der Waals surface area (Å²) in [6, 6.07) is 17.8. The van der Waals surface area contributed by atoms with E-state index in [4.69, 9.17) is 9.98 Å². The Hall–Kier alpha value is -3.15. The number of imide groups is 1. The molecule has 9 nitrogen and oxygen atoms in total. The monoisotopic (exact) mass is 549 g/mol. The Balaban J connectivity index is 1.11. The average molecular weight is 550 g/mol. The number of rotatable bonds is 7. The molecule has 3 aliphatic rings. The standard InChI is InChI=1S/C27H31N7O2S2/c1-31-23-22(24(35)30-26(31)36)34(12-7-17-37-27-28-20-10-5-6-11-21(20)38-27)25(29-23)33-15-13-32(14-16-33)18-19-8-3-2-4-9-19/h2-6,8-11,22-23H,7,12-18H2,1H3,(H,30,35,36). The summed E-state index contributed by atoms with van der Waals surface area (Å²) in [6.45, 7) is 5.13. The molecule has 2 fully saturated rings. The van der Waals surface area contributed by atoms with Crippen molar-refractivity contribution in [3.63, 3.8) is 0 Å². The number of para-hydroxylation sites is 1. The minimum atomic E-state index is -0.498. The number of fused-ring (bicyclic) bond motifs is 2. The Labute approximate surface area is 230 Å². The topological polar surface area (TPSA) is 84.4 Å². The fourth-order valence-corrected chi connectivity index (χ4v) is 7.33. The summed E-state index contributed by atoms with van der Waals surface area (Å²) in [7, 11) is 1.71. The van der Waals surface area contributed by atoms with Crippen LogP contribution in [0.1, 0.15) is 12.0 Å². The lowest BCUT2D eigenvalue weighted by atomic mass is 10.1. The number of carbonyl (C=O) groups excluding carboxylic acids is 2. The highest BCUT2D eigenvalue weighted by molar-refractivity contribution is 8.01. The highest BCUT2D eigenvalue weighted by Gasteiger charge is 2.49. The van der Waals surface area contributed by atoms with E-state index in [0.717, 1.165) is 60.7 Å². The number of carbonyl (C=O) groups is 2. The fourth-order valence-electron chi connectivity index (χ4n) is 5.27. The quantitative estimate of drug-likeness (QED) is 0.358. The van der Waals surface area contributed by atoms with Crippen LogP contribution in [0.5, 0.6) is 0 Å². The van der Waals surface area contributed by atoms with E-state index in [2.05, 4.69) is 50.3 Å². The lowest BCUT2D eigenvalue weighted by molar-refractivity contribution is -0.127. The maximum absolute atomic E-state index is 13.0. The number of thiazole rings is 1. The molecule has 2 saturated heterocycles. The van der Waals surface area contributed by atoms with Crippen molar-refractivity contribution in [2.24, 2.45) is 4.99 Å². The third kappa shape index (κ3) is 5.10. The molecule has 38 heavy (non-hydrogen) atoms. The van der Waals surface area contributed by atoms with Crippen LogP contribution >= 0.6 is 23.1 Å². The lowest BCUT2D eigenvalue weighted by Gasteiger charge is -2.40. The number of aromatic nitrogens is 1. The SMILES string of the molecule is CN1C(=O)NC(=O)C2C1N=C(N1CCN(Cc3ccccc3)CC1)N2CCCSc1nc2ccccc2s1. The van der Waals surface area contributed by atoms with Crippen molar-refractivity contribution in [1.29, 1.82) is 0 Å². The number of nitrogens with one attached hydrogen (secondary N) is 1. The van der Waals surface area contributed by atoms with Gasteiger partial charge in [0.05, 0.1) is 10.2 Å². The third-order valence-electron chi connectivity index (χ3n) is 7.29. The highest BCUT2D eigenvalue weighted by Crippen LogP contribution is 2.31. The number of thioether (sulfide) groups is 1. The molecule has 6 rings (SSSR count). The predicted molar refractivity (Wildman–Crippen MR) is 151 cm³/mol. The molecule has 2 unspecified atom stereocenters. The van der Waals surface area contributed by atoms with Gasteiger partial charge in [-0.05, 0) is 24.1 Å². The van der Waals surface area contributed by atoms with Gasteiger partial charge < -0.3 is 14.7 Å². The Morgan fingerprint density at radius 3 is 2.58 bits per heavy atom. The van der Waals surface area contributed by atoms with Crippen molar-refractivity contribution in [2.75, 3.05) is 45.5 Å². The molecule has 0 radical (unpaired) electrons. The van der Waals surface area contributed by atoms with E-state index in [0.29, 0.717) is 6.54 Å². The molecular weight excluding hydrogens is 518 g/mol. The number of piperazine rings is 1. The minimum absolute atomic E-state index is 0.265. The zero-order valence-corrected chi connectivity index (χ0v) is 23.0. The second-order valence-electron chi connectivity index (χ2n) is 9.78. The highest BCUT2D eigenvalue weighted by atomic mass is 32.2. The maximum atomic E-state index is 13.0. The van der Waals surface area contributed by atoms with Crippen molar-refractivity contribution in [2.45, 2.75) is 29.5 Å². The molecule has 4 heterocycles. The number of likely N-dealkylation sites (N-methyl/N-ethyl adjacent to an activating group) is 1. The van der Waals surface area contributed by atoms with Crippen LogP contribution in [0.4, 0.5) is 4.79 Å². The number of urea groups is 1. The first-order chi connectivity index (χ1) is 18.6. The summed E-state index contributed by atoms with van der Waals surface area (Å²) >= 11 is 3.47. The van der Waals surface area contributed by atoms with Crippen molar-refractivity contribution in [3.05, 3.63) is 60.2 Å². The number of aliphatic imine (C=N–C) groups is 1. The predicted octanol–water partition coefficient (Wildman–Crippen LogP) is 3.14. The summed E-state index contributed by atoms with van der Waals surface area (Å²) in [4.78, 5) is 43.4. The molecule has 11 heteroatoms. The Kier molecular flexibility index (Phi) is 7.22. The van der Waals surface area contributed by atoms with Crippen molar-refractivity contribution in [3.8, 4) is 0 Å². The number of hydrogen-bond acceptors (Lipinski definition) is 9. The molecule has 3 aliphatic heterocycles. The molecule has 3 aromatic rings. The Bertz CT molecular complexity index is 1310. The molecule has 1 N–H and O–H groups in total. The molecule has 0 spiro atoms. The minimum Gasteiger partial charge on any atom is -0.340 e. The van der Waals surface area contributed by atoms with Gasteiger partial charge in [-0.2, -0.15) is 0 Å². The van der Waals surface area contributed by atoms with E-state index in [1.807, 2.05) is 24.3 Å². The van der Waals surface area contributed by atoms with Gasteiger partial charge in [0.2, 0.25) is 0 Å². The molecule has 3 amide bonds. The van der Waals surface area contributed by atoms with E-state index < -0.39 is 12.2 Å². The smallest absolute Gasteiger partial charge is 0.325 e. The van der Waals surface area contributed by atoms with E-state index in [-0.39, 0.29) is 11.9 Å². The summed E-state index contributed by atoms with van der Waals surface area (Å²) < 4.78 is 2.26. The maximum Gasteiger partial charge on any atom is 0.325 e. The number of hydrogen-bond donors (Lipinski definition) is 1. The number of amides is 3. The van der Waals surface area contributed by atoms with E-state index in [9.17, 15) is 9.59 Å². The number of benzene rings is 2. The first-order valence-corrected chi connectivity index (χ1v) is 14.8. The van der Waals surface area contributed by atoms with E-state index in [1.165, 1.54) is 10.3 Å². The largest absolute Gasteiger partial charge is 0.340 e. The molecule has 0 bridgehead atoms. The molecule has 0 saturated carbocycles.